The van der Waals surface area contributed by atoms with Crippen LogP contribution < -0.4 is 0 Å². The Hall–Kier alpha value is -2.63. The number of imidazole rings is 1. The van der Waals surface area contributed by atoms with E-state index in [2.05, 4.69) is 4.98 Å². The molecule has 1 aliphatic rings. The summed E-state index contributed by atoms with van der Waals surface area (Å²) in [5.41, 5.74) is 1.51. The largest absolute Gasteiger partial charge is 0.481 e. The Morgan fingerprint density at radius 1 is 1.25 bits per heavy atom. The number of aliphatic carboxylic acids is 1. The molecule has 3 rings (SSSR count). The highest BCUT2D eigenvalue weighted by Crippen LogP contribution is 2.29. The van der Waals surface area contributed by atoms with Crippen LogP contribution in [-0.2, 0) is 4.79 Å². The number of hydrogen-bond donors (Lipinski definition) is 1. The first kappa shape index (κ1) is 16.2. The van der Waals surface area contributed by atoms with Crippen LogP contribution >= 0.6 is 0 Å². The number of carbonyl (C=O) groups is 2. The number of rotatable bonds is 5. The van der Waals surface area contributed by atoms with Gasteiger partial charge < -0.3 is 14.6 Å². The highest BCUT2D eigenvalue weighted by Gasteiger charge is 2.39. The van der Waals surface area contributed by atoms with E-state index in [4.69, 9.17) is 0 Å². The second-order valence-electron chi connectivity index (χ2n) is 6.22. The van der Waals surface area contributed by atoms with Crippen molar-refractivity contribution in [1.82, 2.24) is 14.5 Å². The number of nitrogens with zero attached hydrogens (tertiary/aromatic N) is 3. The van der Waals surface area contributed by atoms with Gasteiger partial charge in [-0.2, -0.15) is 0 Å². The zero-order chi connectivity index (χ0) is 17.1. The third-order valence-corrected chi connectivity index (χ3v) is 4.62. The Kier molecular flexibility index (Phi) is 4.64. The van der Waals surface area contributed by atoms with E-state index in [1.807, 2.05) is 29.8 Å². The molecular formula is C18H21N3O3. The van der Waals surface area contributed by atoms with Gasteiger partial charge in [0.2, 0.25) is 0 Å². The second kappa shape index (κ2) is 6.86. The maximum Gasteiger partial charge on any atom is 0.308 e. The fraction of sp³-hybridized carbons (Fsp3) is 0.389. The van der Waals surface area contributed by atoms with Crippen LogP contribution in [0.4, 0.5) is 0 Å². The summed E-state index contributed by atoms with van der Waals surface area (Å²) in [5, 5.41) is 9.38. The number of amides is 1. The fourth-order valence-electron chi connectivity index (χ4n) is 3.35. The van der Waals surface area contributed by atoms with Crippen LogP contribution in [0, 0.1) is 11.8 Å². The van der Waals surface area contributed by atoms with Gasteiger partial charge in [-0.3, -0.25) is 9.59 Å². The first-order valence-electron chi connectivity index (χ1n) is 8.20. The first-order chi connectivity index (χ1) is 11.6. The minimum atomic E-state index is -0.806. The number of carbonyl (C=O) groups excluding carboxylic acids is 1. The summed E-state index contributed by atoms with van der Waals surface area (Å²) < 4.78 is 1.86. The van der Waals surface area contributed by atoms with Crippen LogP contribution in [0.3, 0.4) is 0 Å². The van der Waals surface area contributed by atoms with Crippen LogP contribution in [0.25, 0.3) is 5.69 Å². The van der Waals surface area contributed by atoms with Crippen molar-refractivity contribution in [1.29, 1.82) is 0 Å². The normalized spacial score (nSPS) is 20.3. The Morgan fingerprint density at radius 2 is 2.00 bits per heavy atom. The average Bonchev–Trinajstić information content (AvgIpc) is 3.24. The molecule has 126 valence electrons. The van der Waals surface area contributed by atoms with E-state index in [9.17, 15) is 14.7 Å². The number of aromatic nitrogens is 2. The predicted molar refractivity (Wildman–Crippen MR) is 89.0 cm³/mol. The molecule has 0 saturated carbocycles. The quantitative estimate of drug-likeness (QED) is 0.915. The Labute approximate surface area is 140 Å². The molecule has 0 aliphatic carbocycles. The van der Waals surface area contributed by atoms with E-state index in [1.54, 1.807) is 29.6 Å². The van der Waals surface area contributed by atoms with Gasteiger partial charge >= 0.3 is 5.97 Å². The molecule has 2 heterocycles. The van der Waals surface area contributed by atoms with Crippen molar-refractivity contribution in [3.05, 3.63) is 48.5 Å². The van der Waals surface area contributed by atoms with E-state index < -0.39 is 11.9 Å². The molecule has 2 atom stereocenters. The first-order valence-corrected chi connectivity index (χ1v) is 8.20. The van der Waals surface area contributed by atoms with Crippen molar-refractivity contribution in [3.8, 4) is 5.69 Å². The van der Waals surface area contributed by atoms with E-state index in [-0.39, 0.29) is 11.8 Å². The summed E-state index contributed by atoms with van der Waals surface area (Å²) in [6, 6.07) is 7.29. The van der Waals surface area contributed by atoms with Crippen molar-refractivity contribution >= 4 is 11.9 Å². The molecule has 1 amide bonds. The second-order valence-corrected chi connectivity index (χ2v) is 6.22. The van der Waals surface area contributed by atoms with Gasteiger partial charge in [-0.05, 0) is 36.6 Å². The lowest BCUT2D eigenvalue weighted by Gasteiger charge is -2.16. The molecule has 0 bridgehead atoms. The molecule has 24 heavy (non-hydrogen) atoms. The molecule has 6 heteroatoms. The summed E-state index contributed by atoms with van der Waals surface area (Å²) in [6.45, 7) is 2.85. The van der Waals surface area contributed by atoms with E-state index in [0.29, 0.717) is 18.7 Å². The van der Waals surface area contributed by atoms with E-state index in [1.165, 1.54) is 0 Å². The van der Waals surface area contributed by atoms with Gasteiger partial charge in [-0.25, -0.2) is 4.98 Å². The highest BCUT2D eigenvalue weighted by molar-refractivity contribution is 5.95. The van der Waals surface area contributed by atoms with Crippen molar-refractivity contribution in [2.24, 2.45) is 11.8 Å². The summed E-state index contributed by atoms with van der Waals surface area (Å²) in [7, 11) is 0. The van der Waals surface area contributed by atoms with Gasteiger partial charge in [-0.1, -0.05) is 13.3 Å². The maximum absolute atomic E-state index is 12.7. The molecule has 2 aromatic rings. The van der Waals surface area contributed by atoms with Gasteiger partial charge in [-0.15, -0.1) is 0 Å². The Balaban J connectivity index is 1.73. The van der Waals surface area contributed by atoms with Crippen LogP contribution in [0.2, 0.25) is 0 Å². The molecule has 2 unspecified atom stereocenters. The smallest absolute Gasteiger partial charge is 0.308 e. The standard InChI is InChI=1S/C18H21N3O3/c1-2-3-14-10-21(11-16(14)18(23)24)17(22)13-4-6-15(7-5-13)20-9-8-19-12-20/h4-9,12,14,16H,2-3,10-11H2,1H3,(H,23,24). The summed E-state index contributed by atoms with van der Waals surface area (Å²) in [5.74, 6) is -1.32. The van der Waals surface area contributed by atoms with Gasteiger partial charge in [0.1, 0.15) is 0 Å². The zero-order valence-electron chi connectivity index (χ0n) is 13.6. The molecule has 1 fully saturated rings. The van der Waals surface area contributed by atoms with Crippen molar-refractivity contribution in [2.45, 2.75) is 19.8 Å². The maximum atomic E-state index is 12.7. The van der Waals surface area contributed by atoms with Crippen molar-refractivity contribution < 1.29 is 14.7 Å². The average molecular weight is 327 g/mol. The number of carboxylic acids is 1. The van der Waals surface area contributed by atoms with Crippen molar-refractivity contribution in [3.63, 3.8) is 0 Å². The molecule has 0 spiro atoms. The van der Waals surface area contributed by atoms with Gasteiger partial charge in [0.05, 0.1) is 12.2 Å². The third kappa shape index (κ3) is 3.18. The van der Waals surface area contributed by atoms with Crippen LogP contribution in [-0.4, -0.2) is 44.5 Å². The number of likely N-dealkylation sites (tertiary alicyclic amines) is 1. The lowest BCUT2D eigenvalue weighted by atomic mass is 9.92. The number of hydrogen-bond acceptors (Lipinski definition) is 3. The highest BCUT2D eigenvalue weighted by atomic mass is 16.4. The molecule has 6 nitrogen and oxygen atoms in total. The number of carboxylic acid groups (broad SMARTS) is 1. The Morgan fingerprint density at radius 3 is 2.58 bits per heavy atom. The van der Waals surface area contributed by atoms with Gasteiger partial charge in [0.15, 0.2) is 0 Å². The molecule has 1 aliphatic heterocycles. The summed E-state index contributed by atoms with van der Waals surface area (Å²) >= 11 is 0. The predicted octanol–water partition coefficient (Wildman–Crippen LogP) is 2.45. The monoisotopic (exact) mass is 327 g/mol. The van der Waals surface area contributed by atoms with Crippen LogP contribution in [0.1, 0.15) is 30.1 Å². The third-order valence-electron chi connectivity index (χ3n) is 4.62. The number of benzene rings is 1. The topological polar surface area (TPSA) is 75.4 Å². The van der Waals surface area contributed by atoms with Crippen LogP contribution in [0.15, 0.2) is 43.0 Å². The minimum absolute atomic E-state index is 0.0432. The molecule has 1 saturated heterocycles. The minimum Gasteiger partial charge on any atom is -0.481 e. The van der Waals surface area contributed by atoms with Gasteiger partial charge in [0.25, 0.3) is 5.91 Å². The van der Waals surface area contributed by atoms with E-state index >= 15 is 0 Å². The molecule has 1 N–H and O–H groups in total. The Bertz CT molecular complexity index is 710. The summed E-state index contributed by atoms with van der Waals surface area (Å²) in [6.07, 6.45) is 6.99. The SMILES string of the molecule is CCCC1CN(C(=O)c2ccc(-n3ccnc3)cc2)CC1C(=O)O. The lowest BCUT2D eigenvalue weighted by molar-refractivity contribution is -0.142. The fourth-order valence-corrected chi connectivity index (χ4v) is 3.35. The summed E-state index contributed by atoms with van der Waals surface area (Å²) in [4.78, 5) is 29.8. The molecule has 1 aromatic carbocycles. The molecule has 1 aromatic heterocycles. The van der Waals surface area contributed by atoms with E-state index in [0.717, 1.165) is 18.5 Å². The zero-order valence-corrected chi connectivity index (χ0v) is 13.6. The molecule has 0 radical (unpaired) electrons. The van der Waals surface area contributed by atoms with Crippen molar-refractivity contribution in [2.75, 3.05) is 13.1 Å². The van der Waals surface area contributed by atoms with Crippen LogP contribution in [0.5, 0.6) is 0 Å². The lowest BCUT2D eigenvalue weighted by Crippen LogP contribution is -2.29. The molecular weight excluding hydrogens is 306 g/mol. The van der Waals surface area contributed by atoms with Gasteiger partial charge in [0, 0.05) is 36.7 Å².